The van der Waals surface area contributed by atoms with Gasteiger partial charge in [0.25, 0.3) is 0 Å². The van der Waals surface area contributed by atoms with Gasteiger partial charge in [0.05, 0.1) is 18.1 Å². The minimum Gasteiger partial charge on any atom is -0.351 e. The van der Waals surface area contributed by atoms with Crippen LogP contribution in [0.2, 0.25) is 0 Å². The molecular formula is C10H17ClN2O4S. The zero-order valence-corrected chi connectivity index (χ0v) is 11.8. The molecule has 0 aromatic carbocycles. The smallest absolute Gasteiger partial charge is 0.239 e. The third kappa shape index (κ3) is 4.45. The normalized spacial score (nSPS) is 21.6. The molecule has 0 unspecified atom stereocenters. The Morgan fingerprint density at radius 1 is 1.44 bits per heavy atom. The Hall–Kier alpha value is -0.820. The van der Waals surface area contributed by atoms with E-state index in [9.17, 15) is 18.0 Å². The highest BCUT2D eigenvalue weighted by Gasteiger charge is 2.29. The lowest BCUT2D eigenvalue weighted by molar-refractivity contribution is -0.134. The van der Waals surface area contributed by atoms with Gasteiger partial charge in [-0.05, 0) is 13.3 Å². The largest absolute Gasteiger partial charge is 0.351 e. The summed E-state index contributed by atoms with van der Waals surface area (Å²) in [7, 11) is -3.01. The van der Waals surface area contributed by atoms with E-state index in [1.807, 2.05) is 0 Å². The summed E-state index contributed by atoms with van der Waals surface area (Å²) in [6.07, 6.45) is 0.434. The van der Waals surface area contributed by atoms with Crippen LogP contribution < -0.4 is 5.32 Å². The third-order valence-electron chi connectivity index (χ3n) is 2.78. The number of sulfone groups is 1. The number of hydrogen-bond acceptors (Lipinski definition) is 4. The van der Waals surface area contributed by atoms with Crippen LogP contribution in [0, 0.1) is 0 Å². The number of alkyl halides is 1. The summed E-state index contributed by atoms with van der Waals surface area (Å²) in [4.78, 5) is 24.3. The molecule has 0 radical (unpaired) electrons. The van der Waals surface area contributed by atoms with Crippen LogP contribution in [0.25, 0.3) is 0 Å². The summed E-state index contributed by atoms with van der Waals surface area (Å²) < 4.78 is 22.4. The van der Waals surface area contributed by atoms with Gasteiger partial charge >= 0.3 is 0 Å². The summed E-state index contributed by atoms with van der Waals surface area (Å²) in [5.74, 6) is -0.741. The number of carbonyl (C=O) groups is 2. The molecular weight excluding hydrogens is 280 g/mol. The zero-order chi connectivity index (χ0) is 13.8. The van der Waals surface area contributed by atoms with E-state index in [0.29, 0.717) is 13.0 Å². The molecule has 8 heteroatoms. The van der Waals surface area contributed by atoms with Crippen molar-refractivity contribution < 1.29 is 18.0 Å². The van der Waals surface area contributed by atoms with Gasteiger partial charge in [-0.15, -0.1) is 11.6 Å². The first kappa shape index (κ1) is 15.2. The molecule has 1 N–H and O–H groups in total. The minimum absolute atomic E-state index is 0.0195. The molecule has 104 valence electrons. The molecule has 1 atom stereocenters. The second-order valence-electron chi connectivity index (χ2n) is 4.21. The molecule has 0 aliphatic carbocycles. The van der Waals surface area contributed by atoms with Gasteiger partial charge in [0, 0.05) is 12.6 Å². The predicted molar refractivity (Wildman–Crippen MR) is 68.2 cm³/mol. The highest BCUT2D eigenvalue weighted by atomic mass is 35.5. The number of halogens is 1. The topological polar surface area (TPSA) is 83.6 Å². The second kappa shape index (κ2) is 6.38. The van der Waals surface area contributed by atoms with Gasteiger partial charge in [-0.1, -0.05) is 0 Å². The molecule has 0 saturated carbocycles. The number of rotatable bonds is 5. The Labute approximate surface area is 112 Å². The summed E-state index contributed by atoms with van der Waals surface area (Å²) in [6, 6.07) is -0.340. The van der Waals surface area contributed by atoms with Crippen LogP contribution in [0.4, 0.5) is 0 Å². The Kier molecular flexibility index (Phi) is 5.40. The third-order valence-corrected chi connectivity index (χ3v) is 4.78. The molecule has 1 fully saturated rings. The Morgan fingerprint density at radius 2 is 2.11 bits per heavy atom. The predicted octanol–water partition coefficient (Wildman–Crippen LogP) is -0.623. The second-order valence-corrected chi connectivity index (χ2v) is 6.71. The standard InChI is InChI=1S/C10H17ClN2O4S/c1-2-13(10(15)5-11)6-9(14)12-8-3-4-18(16,17)7-8/h8H,2-7H2,1H3,(H,12,14)/t8-/m1/s1. The Bertz CT molecular complexity index is 424. The van der Waals surface area contributed by atoms with Crippen LogP contribution in [-0.4, -0.2) is 61.6 Å². The van der Waals surface area contributed by atoms with Crippen molar-refractivity contribution in [1.82, 2.24) is 10.2 Å². The molecule has 0 aromatic heterocycles. The number of nitrogens with one attached hydrogen (secondary N) is 1. The first-order valence-electron chi connectivity index (χ1n) is 5.71. The van der Waals surface area contributed by atoms with Crippen molar-refractivity contribution in [1.29, 1.82) is 0 Å². The van der Waals surface area contributed by atoms with E-state index in [2.05, 4.69) is 5.32 Å². The number of hydrogen-bond donors (Lipinski definition) is 1. The number of nitrogens with zero attached hydrogens (tertiary/aromatic N) is 1. The fraction of sp³-hybridized carbons (Fsp3) is 0.800. The van der Waals surface area contributed by atoms with Crippen LogP contribution in [0.5, 0.6) is 0 Å². The highest BCUT2D eigenvalue weighted by Crippen LogP contribution is 2.11. The van der Waals surface area contributed by atoms with Crippen molar-refractivity contribution in [3.63, 3.8) is 0 Å². The molecule has 1 saturated heterocycles. The fourth-order valence-corrected chi connectivity index (χ4v) is 3.66. The maximum Gasteiger partial charge on any atom is 0.239 e. The lowest BCUT2D eigenvalue weighted by Crippen LogP contribution is -2.44. The van der Waals surface area contributed by atoms with Crippen molar-refractivity contribution in [2.75, 3.05) is 30.5 Å². The number of carbonyl (C=O) groups excluding carboxylic acids is 2. The first-order chi connectivity index (χ1) is 8.38. The van der Waals surface area contributed by atoms with Gasteiger partial charge in [-0.2, -0.15) is 0 Å². The summed E-state index contributed by atoms with van der Waals surface area (Å²) in [5, 5.41) is 2.62. The summed E-state index contributed by atoms with van der Waals surface area (Å²) >= 11 is 5.41. The van der Waals surface area contributed by atoms with Crippen LogP contribution in [0.1, 0.15) is 13.3 Å². The van der Waals surface area contributed by atoms with Gasteiger partial charge in [0.1, 0.15) is 5.88 Å². The van der Waals surface area contributed by atoms with Crippen molar-refractivity contribution in [2.24, 2.45) is 0 Å². The van der Waals surface area contributed by atoms with E-state index in [0.717, 1.165) is 0 Å². The molecule has 18 heavy (non-hydrogen) atoms. The number of amides is 2. The average molecular weight is 297 g/mol. The minimum atomic E-state index is -3.01. The van der Waals surface area contributed by atoms with Crippen LogP contribution >= 0.6 is 11.6 Å². The van der Waals surface area contributed by atoms with E-state index in [1.54, 1.807) is 6.92 Å². The maximum absolute atomic E-state index is 11.7. The lowest BCUT2D eigenvalue weighted by Gasteiger charge is -2.20. The van der Waals surface area contributed by atoms with E-state index in [-0.39, 0.29) is 41.8 Å². The van der Waals surface area contributed by atoms with Crippen molar-refractivity contribution in [3.8, 4) is 0 Å². The molecule has 1 aliphatic rings. The fourth-order valence-electron chi connectivity index (χ4n) is 1.82. The van der Waals surface area contributed by atoms with Crippen molar-refractivity contribution >= 4 is 33.3 Å². The summed E-state index contributed by atoms with van der Waals surface area (Å²) in [6.45, 7) is 2.05. The van der Waals surface area contributed by atoms with Crippen molar-refractivity contribution in [2.45, 2.75) is 19.4 Å². The lowest BCUT2D eigenvalue weighted by atomic mass is 10.2. The van der Waals surface area contributed by atoms with Gasteiger partial charge in [-0.3, -0.25) is 9.59 Å². The SMILES string of the molecule is CCN(CC(=O)N[C@@H]1CCS(=O)(=O)C1)C(=O)CCl. The first-order valence-corrected chi connectivity index (χ1v) is 8.07. The molecule has 1 rings (SSSR count). The number of likely N-dealkylation sites (N-methyl/N-ethyl adjacent to an activating group) is 1. The Morgan fingerprint density at radius 3 is 2.56 bits per heavy atom. The van der Waals surface area contributed by atoms with Crippen LogP contribution in [0.15, 0.2) is 0 Å². The average Bonchev–Trinajstić information content (AvgIpc) is 2.64. The van der Waals surface area contributed by atoms with Crippen molar-refractivity contribution in [3.05, 3.63) is 0 Å². The van der Waals surface area contributed by atoms with E-state index < -0.39 is 9.84 Å². The molecule has 2 amide bonds. The molecule has 1 aliphatic heterocycles. The van der Waals surface area contributed by atoms with Gasteiger partial charge in [0.15, 0.2) is 9.84 Å². The van der Waals surface area contributed by atoms with E-state index in [4.69, 9.17) is 11.6 Å². The molecule has 0 spiro atoms. The Balaban J connectivity index is 2.44. The van der Waals surface area contributed by atoms with E-state index in [1.165, 1.54) is 4.90 Å². The zero-order valence-electron chi connectivity index (χ0n) is 10.2. The van der Waals surface area contributed by atoms with Gasteiger partial charge < -0.3 is 10.2 Å². The quantitative estimate of drug-likeness (QED) is 0.685. The molecule has 1 heterocycles. The summed E-state index contributed by atoms with van der Waals surface area (Å²) in [5.41, 5.74) is 0. The van der Waals surface area contributed by atoms with Crippen LogP contribution in [-0.2, 0) is 19.4 Å². The van der Waals surface area contributed by atoms with Gasteiger partial charge in [-0.25, -0.2) is 8.42 Å². The monoisotopic (exact) mass is 296 g/mol. The van der Waals surface area contributed by atoms with E-state index >= 15 is 0 Å². The maximum atomic E-state index is 11.7. The van der Waals surface area contributed by atoms with Crippen LogP contribution in [0.3, 0.4) is 0 Å². The van der Waals surface area contributed by atoms with Gasteiger partial charge in [0.2, 0.25) is 11.8 Å². The molecule has 6 nitrogen and oxygen atoms in total. The molecule has 0 bridgehead atoms. The highest BCUT2D eigenvalue weighted by molar-refractivity contribution is 7.91. The molecule has 0 aromatic rings.